The zero-order valence-electron chi connectivity index (χ0n) is 16.0. The predicted octanol–water partition coefficient (Wildman–Crippen LogP) is 3.77. The standard InChI is InChI=1S/C20H20ClN5O3/c1-3-10-29-20-17(21)11-14(12-18(20)28-2)4-9-19(27)23-15-5-7-16(8-6-15)26-13-22-24-25-26/h4-9,11-13H,3,10H2,1-2H3,(H,23,27)/b9-4+. The van der Waals surface area contributed by atoms with Crippen LogP contribution in [0.25, 0.3) is 11.8 Å². The molecule has 1 amide bonds. The van der Waals surface area contributed by atoms with E-state index in [2.05, 4.69) is 20.8 Å². The first-order valence-corrected chi connectivity index (χ1v) is 9.31. The largest absolute Gasteiger partial charge is 0.493 e. The fourth-order valence-corrected chi connectivity index (χ4v) is 2.79. The molecule has 0 unspecified atom stereocenters. The van der Waals surface area contributed by atoms with Gasteiger partial charge in [0, 0.05) is 11.8 Å². The summed E-state index contributed by atoms with van der Waals surface area (Å²) >= 11 is 6.30. The monoisotopic (exact) mass is 413 g/mol. The molecule has 1 N–H and O–H groups in total. The fraction of sp³-hybridized carbons (Fsp3) is 0.200. The second-order valence-corrected chi connectivity index (χ2v) is 6.41. The van der Waals surface area contributed by atoms with Gasteiger partial charge in [-0.2, -0.15) is 0 Å². The first-order valence-electron chi connectivity index (χ1n) is 8.93. The van der Waals surface area contributed by atoms with Crippen molar-refractivity contribution < 1.29 is 14.3 Å². The molecule has 29 heavy (non-hydrogen) atoms. The molecular weight excluding hydrogens is 394 g/mol. The minimum Gasteiger partial charge on any atom is -0.493 e. The second kappa shape index (κ2) is 9.70. The Labute approximate surface area is 173 Å². The lowest BCUT2D eigenvalue weighted by Gasteiger charge is -2.12. The van der Waals surface area contributed by atoms with Crippen molar-refractivity contribution in [3.8, 4) is 17.2 Å². The van der Waals surface area contributed by atoms with Crippen LogP contribution >= 0.6 is 11.6 Å². The van der Waals surface area contributed by atoms with Gasteiger partial charge in [0.05, 0.1) is 24.4 Å². The molecule has 3 aromatic rings. The van der Waals surface area contributed by atoms with Gasteiger partial charge in [0.15, 0.2) is 11.5 Å². The highest BCUT2D eigenvalue weighted by Gasteiger charge is 2.11. The van der Waals surface area contributed by atoms with E-state index in [-0.39, 0.29) is 5.91 Å². The quantitative estimate of drug-likeness (QED) is 0.565. The summed E-state index contributed by atoms with van der Waals surface area (Å²) in [5.41, 5.74) is 2.16. The van der Waals surface area contributed by atoms with E-state index in [0.29, 0.717) is 28.8 Å². The smallest absolute Gasteiger partial charge is 0.248 e. The van der Waals surface area contributed by atoms with Crippen LogP contribution in [-0.4, -0.2) is 39.8 Å². The Bertz CT molecular complexity index is 988. The molecule has 0 aliphatic carbocycles. The van der Waals surface area contributed by atoms with Crippen molar-refractivity contribution in [1.29, 1.82) is 0 Å². The maximum Gasteiger partial charge on any atom is 0.248 e. The van der Waals surface area contributed by atoms with E-state index in [9.17, 15) is 4.79 Å². The van der Waals surface area contributed by atoms with Crippen LogP contribution in [0.4, 0.5) is 5.69 Å². The average Bonchev–Trinajstić information content (AvgIpc) is 3.26. The van der Waals surface area contributed by atoms with E-state index in [1.54, 1.807) is 49.6 Å². The van der Waals surface area contributed by atoms with E-state index in [1.165, 1.54) is 17.1 Å². The molecule has 0 saturated heterocycles. The highest BCUT2D eigenvalue weighted by molar-refractivity contribution is 6.32. The average molecular weight is 414 g/mol. The molecule has 1 heterocycles. The zero-order valence-corrected chi connectivity index (χ0v) is 16.8. The number of aromatic nitrogens is 4. The number of nitrogens with one attached hydrogen (secondary N) is 1. The topological polar surface area (TPSA) is 91.2 Å². The van der Waals surface area contributed by atoms with Gasteiger partial charge >= 0.3 is 0 Å². The van der Waals surface area contributed by atoms with Gasteiger partial charge in [0.1, 0.15) is 6.33 Å². The highest BCUT2D eigenvalue weighted by atomic mass is 35.5. The summed E-state index contributed by atoms with van der Waals surface area (Å²) in [4.78, 5) is 12.2. The molecule has 0 aliphatic rings. The Morgan fingerprint density at radius 3 is 2.72 bits per heavy atom. The number of carbonyl (C=O) groups excluding carboxylic acids is 1. The SMILES string of the molecule is CCCOc1c(Cl)cc(/C=C/C(=O)Nc2ccc(-n3cnnn3)cc2)cc1OC. The Kier molecular flexibility index (Phi) is 6.80. The number of carbonyl (C=O) groups is 1. The van der Waals surface area contributed by atoms with Crippen molar-refractivity contribution in [3.05, 3.63) is 59.4 Å². The minimum atomic E-state index is -0.276. The van der Waals surface area contributed by atoms with E-state index in [0.717, 1.165) is 17.7 Å². The Morgan fingerprint density at radius 2 is 2.07 bits per heavy atom. The van der Waals surface area contributed by atoms with Crippen molar-refractivity contribution in [2.24, 2.45) is 0 Å². The van der Waals surface area contributed by atoms with E-state index < -0.39 is 0 Å². The number of anilines is 1. The Hall–Kier alpha value is -3.39. The van der Waals surface area contributed by atoms with Gasteiger partial charge in [-0.3, -0.25) is 4.79 Å². The van der Waals surface area contributed by atoms with Crippen LogP contribution in [0.1, 0.15) is 18.9 Å². The van der Waals surface area contributed by atoms with Gasteiger partial charge in [-0.25, -0.2) is 4.68 Å². The maximum atomic E-state index is 12.2. The maximum absolute atomic E-state index is 12.2. The van der Waals surface area contributed by atoms with Crippen LogP contribution in [0.3, 0.4) is 0 Å². The molecule has 150 valence electrons. The van der Waals surface area contributed by atoms with Gasteiger partial charge in [-0.15, -0.1) is 5.10 Å². The zero-order chi connectivity index (χ0) is 20.6. The van der Waals surface area contributed by atoms with Crippen molar-refractivity contribution in [2.45, 2.75) is 13.3 Å². The molecule has 8 nitrogen and oxygen atoms in total. The summed E-state index contributed by atoms with van der Waals surface area (Å²) in [5, 5.41) is 14.2. The number of hydrogen-bond acceptors (Lipinski definition) is 6. The van der Waals surface area contributed by atoms with Gasteiger partial charge in [-0.05, 0) is 64.9 Å². The number of tetrazole rings is 1. The molecule has 1 aromatic heterocycles. The lowest BCUT2D eigenvalue weighted by Crippen LogP contribution is -2.07. The number of halogens is 1. The molecule has 2 aromatic carbocycles. The summed E-state index contributed by atoms with van der Waals surface area (Å²) in [7, 11) is 1.55. The van der Waals surface area contributed by atoms with Crippen LogP contribution in [0.2, 0.25) is 5.02 Å². The molecule has 0 saturated carbocycles. The van der Waals surface area contributed by atoms with Gasteiger partial charge in [0.25, 0.3) is 0 Å². The summed E-state index contributed by atoms with van der Waals surface area (Å²) in [6, 6.07) is 10.6. The van der Waals surface area contributed by atoms with Crippen LogP contribution < -0.4 is 14.8 Å². The minimum absolute atomic E-state index is 0.276. The van der Waals surface area contributed by atoms with Crippen LogP contribution in [-0.2, 0) is 4.79 Å². The molecule has 0 atom stereocenters. The summed E-state index contributed by atoms with van der Waals surface area (Å²) in [5.74, 6) is 0.742. The summed E-state index contributed by atoms with van der Waals surface area (Å²) in [6.45, 7) is 2.55. The second-order valence-electron chi connectivity index (χ2n) is 6.01. The molecule has 0 bridgehead atoms. The number of hydrogen-bond donors (Lipinski definition) is 1. The van der Waals surface area contributed by atoms with Crippen molar-refractivity contribution in [1.82, 2.24) is 20.2 Å². The molecule has 0 spiro atoms. The van der Waals surface area contributed by atoms with Crippen molar-refractivity contribution in [2.75, 3.05) is 19.0 Å². The number of ether oxygens (including phenoxy) is 2. The number of methoxy groups -OCH3 is 1. The van der Waals surface area contributed by atoms with Crippen LogP contribution in [0, 0.1) is 0 Å². The van der Waals surface area contributed by atoms with Gasteiger partial charge < -0.3 is 14.8 Å². The lowest BCUT2D eigenvalue weighted by molar-refractivity contribution is -0.111. The number of amides is 1. The Balaban J connectivity index is 1.66. The number of nitrogens with zero attached hydrogens (tertiary/aromatic N) is 4. The third-order valence-electron chi connectivity index (χ3n) is 3.88. The first-order chi connectivity index (χ1) is 14.1. The molecule has 3 rings (SSSR count). The highest BCUT2D eigenvalue weighted by Crippen LogP contribution is 2.36. The van der Waals surface area contributed by atoms with E-state index >= 15 is 0 Å². The van der Waals surface area contributed by atoms with E-state index in [4.69, 9.17) is 21.1 Å². The predicted molar refractivity (Wildman–Crippen MR) is 111 cm³/mol. The third-order valence-corrected chi connectivity index (χ3v) is 4.16. The van der Waals surface area contributed by atoms with E-state index in [1.807, 2.05) is 6.92 Å². The molecule has 0 aliphatic heterocycles. The molecule has 0 radical (unpaired) electrons. The van der Waals surface area contributed by atoms with Crippen molar-refractivity contribution >= 4 is 29.3 Å². The fourth-order valence-electron chi connectivity index (χ4n) is 2.51. The van der Waals surface area contributed by atoms with Gasteiger partial charge in [0.2, 0.25) is 5.91 Å². The number of benzene rings is 2. The van der Waals surface area contributed by atoms with Crippen LogP contribution in [0.15, 0.2) is 48.8 Å². The first kappa shape index (κ1) is 20.3. The van der Waals surface area contributed by atoms with Crippen LogP contribution in [0.5, 0.6) is 11.5 Å². The molecular formula is C20H20ClN5O3. The lowest BCUT2D eigenvalue weighted by atomic mass is 10.2. The van der Waals surface area contributed by atoms with Crippen molar-refractivity contribution in [3.63, 3.8) is 0 Å². The Morgan fingerprint density at radius 1 is 1.28 bits per heavy atom. The summed E-state index contributed by atoms with van der Waals surface area (Å²) < 4.78 is 12.5. The summed E-state index contributed by atoms with van der Waals surface area (Å²) in [6.07, 6.45) is 5.43. The van der Waals surface area contributed by atoms with Gasteiger partial charge in [-0.1, -0.05) is 18.5 Å². The normalized spacial score (nSPS) is 10.9. The number of rotatable bonds is 8. The third kappa shape index (κ3) is 5.32. The molecule has 9 heteroatoms. The molecule has 0 fully saturated rings.